The first-order chi connectivity index (χ1) is 13.1. The van der Waals surface area contributed by atoms with E-state index in [0.717, 1.165) is 55.5 Å². The van der Waals surface area contributed by atoms with Crippen LogP contribution in [0.1, 0.15) is 11.1 Å². The molecule has 1 aromatic heterocycles. The molecule has 4 rings (SSSR count). The summed E-state index contributed by atoms with van der Waals surface area (Å²) in [6, 6.07) is 11.6. The molecule has 2 aromatic carbocycles. The second-order valence-electron chi connectivity index (χ2n) is 6.36. The van der Waals surface area contributed by atoms with E-state index in [0.29, 0.717) is 5.25 Å². The average Bonchev–Trinajstić information content (AvgIpc) is 3.10. The smallest absolute Gasteiger partial charge is 0.192 e. The van der Waals surface area contributed by atoms with E-state index < -0.39 is 0 Å². The summed E-state index contributed by atoms with van der Waals surface area (Å²) < 4.78 is 18.4. The number of benzene rings is 2. The van der Waals surface area contributed by atoms with Crippen molar-refractivity contribution in [3.63, 3.8) is 0 Å². The van der Waals surface area contributed by atoms with Crippen LogP contribution in [0.4, 0.5) is 0 Å². The van der Waals surface area contributed by atoms with Gasteiger partial charge in [0, 0.05) is 20.9 Å². The maximum absolute atomic E-state index is 12.9. The quantitative estimate of drug-likeness (QED) is 0.629. The Kier molecular flexibility index (Phi) is 5.02. The van der Waals surface area contributed by atoms with Gasteiger partial charge in [-0.3, -0.25) is 4.79 Å². The molecule has 0 fully saturated rings. The van der Waals surface area contributed by atoms with E-state index in [9.17, 15) is 4.79 Å². The van der Waals surface area contributed by atoms with Gasteiger partial charge in [-0.25, -0.2) is 0 Å². The van der Waals surface area contributed by atoms with Crippen LogP contribution in [0.2, 0.25) is 0 Å². The van der Waals surface area contributed by atoms with Crippen molar-refractivity contribution in [1.29, 1.82) is 0 Å². The molecule has 0 radical (unpaired) electrons. The van der Waals surface area contributed by atoms with Crippen molar-refractivity contribution < 1.29 is 14.2 Å². The molecule has 1 unspecified atom stereocenters. The third-order valence-corrected chi connectivity index (χ3v) is 7.45. The van der Waals surface area contributed by atoms with Crippen LogP contribution in [0.15, 0.2) is 45.4 Å². The summed E-state index contributed by atoms with van der Waals surface area (Å²) >= 11 is 3.47. The molecule has 1 aliphatic rings. The highest BCUT2D eigenvalue weighted by atomic mass is 32.2. The van der Waals surface area contributed by atoms with Crippen LogP contribution in [0, 0.1) is 0 Å². The van der Waals surface area contributed by atoms with E-state index in [1.54, 1.807) is 44.4 Å². The van der Waals surface area contributed by atoms with Crippen molar-refractivity contribution in [1.82, 2.24) is 0 Å². The van der Waals surface area contributed by atoms with Gasteiger partial charge in [0.05, 0.1) is 25.5 Å². The predicted octanol–water partition coefficient (Wildman–Crippen LogP) is 4.55. The number of para-hydroxylation sites is 1. The molecule has 0 saturated heterocycles. The Morgan fingerprint density at radius 3 is 2.67 bits per heavy atom. The Balaban J connectivity index is 1.66. The molecular formula is C21H20O4S2. The summed E-state index contributed by atoms with van der Waals surface area (Å²) in [4.78, 5) is 12.9. The molecule has 3 aromatic rings. The van der Waals surface area contributed by atoms with Crippen LogP contribution in [0.3, 0.4) is 0 Å². The number of hydrogen-bond acceptors (Lipinski definition) is 6. The van der Waals surface area contributed by atoms with Gasteiger partial charge in [0.1, 0.15) is 5.75 Å². The maximum atomic E-state index is 12.9. The largest absolute Gasteiger partial charge is 0.497 e. The lowest BCUT2D eigenvalue weighted by Crippen LogP contribution is -2.12. The molecule has 140 valence electrons. The highest BCUT2D eigenvalue weighted by Crippen LogP contribution is 2.43. The number of ether oxygens (including phenoxy) is 3. The first kappa shape index (κ1) is 18.2. The predicted molar refractivity (Wildman–Crippen MR) is 111 cm³/mol. The highest BCUT2D eigenvalue weighted by molar-refractivity contribution is 8.02. The number of methoxy groups -OCH3 is 3. The summed E-state index contributed by atoms with van der Waals surface area (Å²) in [7, 11) is 4.95. The molecule has 2 heterocycles. The Morgan fingerprint density at radius 1 is 1.07 bits per heavy atom. The minimum Gasteiger partial charge on any atom is -0.497 e. The standard InChI is InChI=1S/C21H20O4S2/c1-23-13-7-8-15-18(10-13)27-21-16(19(15)22)11-14(26-21)9-12-5-4-6-17(24-2)20(12)25-3/h4-8,10,14H,9,11H2,1-3H3. The van der Waals surface area contributed by atoms with Gasteiger partial charge in [-0.1, -0.05) is 12.1 Å². The Morgan fingerprint density at radius 2 is 1.93 bits per heavy atom. The molecule has 4 nitrogen and oxygen atoms in total. The van der Waals surface area contributed by atoms with Crippen LogP contribution >= 0.6 is 23.1 Å². The second kappa shape index (κ2) is 7.44. The minimum atomic E-state index is 0.147. The van der Waals surface area contributed by atoms with Crippen LogP contribution < -0.4 is 19.6 Å². The lowest BCUT2D eigenvalue weighted by molar-refractivity contribution is 0.351. The van der Waals surface area contributed by atoms with Crippen LogP contribution in [0.25, 0.3) is 10.1 Å². The van der Waals surface area contributed by atoms with Crippen molar-refractivity contribution in [2.45, 2.75) is 22.3 Å². The van der Waals surface area contributed by atoms with E-state index in [1.807, 2.05) is 30.3 Å². The minimum absolute atomic E-state index is 0.147. The van der Waals surface area contributed by atoms with Gasteiger partial charge in [-0.15, -0.1) is 23.1 Å². The van der Waals surface area contributed by atoms with Crippen LogP contribution in [-0.2, 0) is 12.8 Å². The van der Waals surface area contributed by atoms with Gasteiger partial charge in [-0.05, 0) is 42.7 Å². The summed E-state index contributed by atoms with van der Waals surface area (Å²) in [6.45, 7) is 0. The molecule has 0 saturated carbocycles. The Hall–Kier alpha value is -2.18. The number of fused-ring (bicyclic) bond motifs is 2. The SMILES string of the molecule is COc1ccc2c(=O)c3c(sc2c1)SC(Cc1cccc(OC)c1OC)C3. The molecule has 0 aliphatic carbocycles. The summed E-state index contributed by atoms with van der Waals surface area (Å²) in [5.41, 5.74) is 2.19. The summed E-state index contributed by atoms with van der Waals surface area (Å²) in [5, 5.41) is 1.09. The summed E-state index contributed by atoms with van der Waals surface area (Å²) in [5.74, 6) is 2.29. The van der Waals surface area contributed by atoms with Gasteiger partial charge in [0.2, 0.25) is 0 Å². The molecule has 1 aliphatic heterocycles. The van der Waals surface area contributed by atoms with Crippen molar-refractivity contribution in [2.75, 3.05) is 21.3 Å². The summed E-state index contributed by atoms with van der Waals surface area (Å²) in [6.07, 6.45) is 1.60. The van der Waals surface area contributed by atoms with E-state index in [-0.39, 0.29) is 5.43 Å². The van der Waals surface area contributed by atoms with Crippen LogP contribution in [0.5, 0.6) is 17.2 Å². The fourth-order valence-electron chi connectivity index (χ4n) is 3.48. The van der Waals surface area contributed by atoms with E-state index >= 15 is 0 Å². The van der Waals surface area contributed by atoms with Gasteiger partial charge in [0.15, 0.2) is 16.9 Å². The first-order valence-corrected chi connectivity index (χ1v) is 10.3. The zero-order valence-electron chi connectivity index (χ0n) is 15.4. The monoisotopic (exact) mass is 400 g/mol. The molecule has 0 amide bonds. The lowest BCUT2D eigenvalue weighted by atomic mass is 10.0. The number of thioether (sulfide) groups is 1. The lowest BCUT2D eigenvalue weighted by Gasteiger charge is -2.14. The van der Waals surface area contributed by atoms with E-state index in [2.05, 4.69) is 6.07 Å². The fourth-order valence-corrected chi connectivity index (χ4v) is 6.43. The molecule has 0 spiro atoms. The molecule has 1 atom stereocenters. The van der Waals surface area contributed by atoms with Gasteiger partial charge in [-0.2, -0.15) is 0 Å². The zero-order valence-corrected chi connectivity index (χ0v) is 17.0. The Bertz CT molecular complexity index is 1060. The normalized spacial score (nSPS) is 15.6. The number of hydrogen-bond donors (Lipinski definition) is 0. The third kappa shape index (κ3) is 3.28. The highest BCUT2D eigenvalue weighted by Gasteiger charge is 2.28. The topological polar surface area (TPSA) is 44.8 Å². The first-order valence-electron chi connectivity index (χ1n) is 8.64. The number of rotatable bonds is 5. The molecule has 0 N–H and O–H groups in total. The van der Waals surface area contributed by atoms with E-state index in [4.69, 9.17) is 14.2 Å². The van der Waals surface area contributed by atoms with Crippen molar-refractivity contribution >= 4 is 33.2 Å². The van der Waals surface area contributed by atoms with Crippen molar-refractivity contribution in [3.05, 3.63) is 57.7 Å². The fraction of sp³-hybridized carbons (Fsp3) is 0.286. The van der Waals surface area contributed by atoms with Crippen molar-refractivity contribution in [2.24, 2.45) is 0 Å². The molecular weight excluding hydrogens is 380 g/mol. The van der Waals surface area contributed by atoms with Gasteiger partial charge >= 0.3 is 0 Å². The molecule has 0 bridgehead atoms. The van der Waals surface area contributed by atoms with Crippen molar-refractivity contribution in [3.8, 4) is 17.2 Å². The van der Waals surface area contributed by atoms with Gasteiger partial charge < -0.3 is 14.2 Å². The molecule has 27 heavy (non-hydrogen) atoms. The second-order valence-corrected chi connectivity index (χ2v) is 8.98. The van der Waals surface area contributed by atoms with Crippen LogP contribution in [-0.4, -0.2) is 26.6 Å². The molecule has 6 heteroatoms. The Labute approximate surface area is 166 Å². The third-order valence-electron chi connectivity index (χ3n) is 4.79. The van der Waals surface area contributed by atoms with E-state index in [1.165, 1.54) is 0 Å². The maximum Gasteiger partial charge on any atom is 0.192 e. The average molecular weight is 401 g/mol. The van der Waals surface area contributed by atoms with Gasteiger partial charge in [0.25, 0.3) is 0 Å². The zero-order chi connectivity index (χ0) is 19.0.